The number of hydrogen-bond acceptors (Lipinski definition) is 3. The fourth-order valence-corrected chi connectivity index (χ4v) is 3.90. The van der Waals surface area contributed by atoms with Crippen molar-refractivity contribution in [2.45, 2.75) is 6.61 Å². The molecule has 2 amide bonds. The average molecular weight is 582 g/mol. The minimum atomic E-state index is -0.417. The lowest BCUT2D eigenvalue weighted by molar-refractivity contribution is 0.252. The van der Waals surface area contributed by atoms with Gasteiger partial charge in [-0.15, -0.1) is 0 Å². The minimum Gasteiger partial charge on any atom is -0.489 e. The van der Waals surface area contributed by atoms with E-state index in [4.69, 9.17) is 4.74 Å². The summed E-state index contributed by atoms with van der Waals surface area (Å²) in [6.07, 6.45) is 1.57. The summed E-state index contributed by atoms with van der Waals surface area (Å²) in [7, 11) is 0. The Bertz CT molecular complexity index is 1020. The predicted molar refractivity (Wildman–Crippen MR) is 127 cm³/mol. The lowest BCUT2D eigenvalue weighted by Crippen LogP contribution is -2.24. The van der Waals surface area contributed by atoms with Crippen molar-refractivity contribution in [3.05, 3.63) is 91.3 Å². The number of nitrogens with one attached hydrogen (secondary N) is 2. The van der Waals surface area contributed by atoms with Gasteiger partial charge in [-0.2, -0.15) is 5.10 Å². The summed E-state index contributed by atoms with van der Waals surface area (Å²) in [5, 5.41) is 6.65. The van der Waals surface area contributed by atoms with E-state index < -0.39 is 6.03 Å². The maximum Gasteiger partial charge on any atom is 0.339 e. The van der Waals surface area contributed by atoms with Crippen LogP contribution in [0.2, 0.25) is 0 Å². The Kier molecular flexibility index (Phi) is 7.85. The van der Waals surface area contributed by atoms with Gasteiger partial charge in [-0.05, 0) is 60.2 Å². The molecule has 5 nitrogen and oxygen atoms in total. The van der Waals surface area contributed by atoms with Gasteiger partial charge in [-0.1, -0.05) is 59.9 Å². The second-order valence-corrected chi connectivity index (χ2v) is 8.61. The van der Waals surface area contributed by atoms with Gasteiger partial charge >= 0.3 is 6.03 Å². The van der Waals surface area contributed by atoms with Gasteiger partial charge in [0.15, 0.2) is 0 Å². The van der Waals surface area contributed by atoms with Crippen LogP contribution >= 0.6 is 47.8 Å². The molecule has 29 heavy (non-hydrogen) atoms. The summed E-state index contributed by atoms with van der Waals surface area (Å²) in [4.78, 5) is 11.9. The predicted octanol–water partition coefficient (Wildman–Crippen LogP) is 6.71. The van der Waals surface area contributed by atoms with Gasteiger partial charge in [-0.3, -0.25) is 0 Å². The molecule has 0 unspecified atom stereocenters. The molecule has 3 rings (SSSR count). The highest BCUT2D eigenvalue weighted by Gasteiger charge is 2.03. The molecule has 0 saturated heterocycles. The number of benzene rings is 3. The first-order chi connectivity index (χ1) is 14.0. The Morgan fingerprint density at radius 2 is 1.72 bits per heavy atom. The van der Waals surface area contributed by atoms with Crippen LogP contribution in [-0.4, -0.2) is 12.2 Å². The van der Waals surface area contributed by atoms with Crippen molar-refractivity contribution in [3.63, 3.8) is 0 Å². The molecule has 148 valence electrons. The largest absolute Gasteiger partial charge is 0.489 e. The molecular weight excluding hydrogens is 566 g/mol. The van der Waals surface area contributed by atoms with Crippen molar-refractivity contribution in [3.8, 4) is 5.75 Å². The van der Waals surface area contributed by atoms with Gasteiger partial charge in [0.1, 0.15) is 12.4 Å². The molecule has 0 bridgehead atoms. The molecule has 0 fully saturated rings. The van der Waals surface area contributed by atoms with E-state index in [1.54, 1.807) is 18.3 Å². The highest BCUT2D eigenvalue weighted by Crippen LogP contribution is 2.23. The van der Waals surface area contributed by atoms with Gasteiger partial charge in [0, 0.05) is 24.7 Å². The number of halogens is 3. The maximum absolute atomic E-state index is 11.9. The third-order valence-electron chi connectivity index (χ3n) is 3.75. The number of carbonyl (C=O) groups excluding carboxylic acids is 1. The van der Waals surface area contributed by atoms with Crippen LogP contribution in [0.4, 0.5) is 10.5 Å². The summed E-state index contributed by atoms with van der Waals surface area (Å²) in [5.41, 5.74) is 5.00. The number of carbonyl (C=O) groups is 1. The Balaban J connectivity index is 1.48. The first kappa shape index (κ1) is 21.5. The smallest absolute Gasteiger partial charge is 0.339 e. The number of ether oxygens (including phenoxy) is 1. The van der Waals surface area contributed by atoms with E-state index in [1.165, 1.54) is 0 Å². The van der Waals surface area contributed by atoms with E-state index in [0.717, 1.165) is 30.3 Å². The Morgan fingerprint density at radius 1 is 0.966 bits per heavy atom. The SMILES string of the molecule is O=C(N/N=C/c1ccc(OCc2ccc(Br)cc2Br)cc1)Nc1cccc(Br)c1. The molecule has 2 N–H and O–H groups in total. The average Bonchev–Trinajstić information content (AvgIpc) is 2.68. The van der Waals surface area contributed by atoms with Crippen LogP contribution in [0, 0.1) is 0 Å². The topological polar surface area (TPSA) is 62.7 Å². The maximum atomic E-state index is 11.9. The zero-order chi connectivity index (χ0) is 20.6. The normalized spacial score (nSPS) is 10.7. The van der Waals surface area contributed by atoms with Crippen molar-refractivity contribution >= 4 is 65.7 Å². The fourth-order valence-electron chi connectivity index (χ4n) is 2.34. The van der Waals surface area contributed by atoms with Crippen LogP contribution in [0.3, 0.4) is 0 Å². The van der Waals surface area contributed by atoms with Crippen LogP contribution in [-0.2, 0) is 6.61 Å². The second kappa shape index (κ2) is 10.6. The molecule has 0 saturated carbocycles. The number of rotatable bonds is 6. The molecule has 0 aromatic heterocycles. The molecule has 0 spiro atoms. The van der Waals surface area contributed by atoms with Crippen molar-refractivity contribution < 1.29 is 9.53 Å². The second-order valence-electron chi connectivity index (χ2n) is 5.93. The molecule has 0 radical (unpaired) electrons. The Hall–Kier alpha value is -2.16. The molecule has 0 aliphatic heterocycles. The summed E-state index contributed by atoms with van der Waals surface area (Å²) >= 11 is 10.3. The van der Waals surface area contributed by atoms with Gasteiger partial charge in [0.2, 0.25) is 0 Å². The van der Waals surface area contributed by atoms with Crippen LogP contribution in [0.25, 0.3) is 0 Å². The van der Waals surface area contributed by atoms with Crippen LogP contribution < -0.4 is 15.5 Å². The zero-order valence-corrected chi connectivity index (χ0v) is 19.8. The van der Waals surface area contributed by atoms with E-state index in [2.05, 4.69) is 63.6 Å². The highest BCUT2D eigenvalue weighted by molar-refractivity contribution is 9.11. The number of hydrogen-bond donors (Lipinski definition) is 2. The van der Waals surface area contributed by atoms with Gasteiger partial charge in [0.25, 0.3) is 0 Å². The molecule has 0 heterocycles. The summed E-state index contributed by atoms with van der Waals surface area (Å²) in [6, 6.07) is 20.3. The van der Waals surface area contributed by atoms with Crippen molar-refractivity contribution in [2.24, 2.45) is 5.10 Å². The lowest BCUT2D eigenvalue weighted by Gasteiger charge is -2.08. The lowest BCUT2D eigenvalue weighted by atomic mass is 10.2. The van der Waals surface area contributed by atoms with E-state index in [0.29, 0.717) is 12.3 Å². The van der Waals surface area contributed by atoms with Crippen molar-refractivity contribution in [2.75, 3.05) is 5.32 Å². The number of hydrazone groups is 1. The molecule has 8 heteroatoms. The minimum absolute atomic E-state index is 0.417. The molecule has 3 aromatic carbocycles. The quantitative estimate of drug-likeness (QED) is 0.251. The number of nitrogens with zero attached hydrogens (tertiary/aromatic N) is 1. The third kappa shape index (κ3) is 6.99. The standard InChI is InChI=1S/C21H16Br3N3O2/c22-16-2-1-3-18(10-16)26-21(28)27-25-12-14-4-8-19(9-5-14)29-13-15-6-7-17(23)11-20(15)24/h1-12H,13H2,(H2,26,27,28)/b25-12+. The number of urea groups is 1. The van der Waals surface area contributed by atoms with E-state index >= 15 is 0 Å². The molecule has 0 aliphatic rings. The van der Waals surface area contributed by atoms with Crippen LogP contribution in [0.5, 0.6) is 5.75 Å². The summed E-state index contributed by atoms with van der Waals surface area (Å²) in [5.74, 6) is 0.748. The zero-order valence-electron chi connectivity index (χ0n) is 15.0. The fraction of sp³-hybridized carbons (Fsp3) is 0.0476. The van der Waals surface area contributed by atoms with Crippen molar-refractivity contribution in [1.82, 2.24) is 5.43 Å². The van der Waals surface area contributed by atoms with Crippen LogP contribution in [0.1, 0.15) is 11.1 Å². The monoisotopic (exact) mass is 579 g/mol. The Morgan fingerprint density at radius 3 is 2.45 bits per heavy atom. The van der Waals surface area contributed by atoms with E-state index in [9.17, 15) is 4.79 Å². The third-order valence-corrected chi connectivity index (χ3v) is 5.48. The van der Waals surface area contributed by atoms with Crippen LogP contribution in [0.15, 0.2) is 85.2 Å². The molecular formula is C21H16Br3N3O2. The van der Waals surface area contributed by atoms with Crippen molar-refractivity contribution in [1.29, 1.82) is 0 Å². The molecule has 0 atom stereocenters. The highest BCUT2D eigenvalue weighted by atomic mass is 79.9. The van der Waals surface area contributed by atoms with Gasteiger partial charge < -0.3 is 10.1 Å². The first-order valence-electron chi connectivity index (χ1n) is 8.52. The molecule has 0 aliphatic carbocycles. The number of amides is 2. The van der Waals surface area contributed by atoms with E-state index in [1.807, 2.05) is 54.6 Å². The number of anilines is 1. The van der Waals surface area contributed by atoms with E-state index in [-0.39, 0.29) is 0 Å². The van der Waals surface area contributed by atoms with Gasteiger partial charge in [-0.25, -0.2) is 10.2 Å². The van der Waals surface area contributed by atoms with Gasteiger partial charge in [0.05, 0.1) is 6.21 Å². The summed E-state index contributed by atoms with van der Waals surface area (Å²) < 4.78 is 8.69. The Labute approximate surface area is 193 Å². The summed E-state index contributed by atoms with van der Waals surface area (Å²) in [6.45, 7) is 0.457. The first-order valence-corrected chi connectivity index (χ1v) is 10.9. The molecule has 3 aromatic rings.